The molecule has 1 aromatic rings. The Kier molecular flexibility index (Phi) is 3.03. The van der Waals surface area contributed by atoms with Crippen molar-refractivity contribution >= 4 is 17.3 Å². The van der Waals surface area contributed by atoms with Crippen LogP contribution >= 0.6 is 11.6 Å². The first-order valence-electron chi connectivity index (χ1n) is 5.02. The highest BCUT2D eigenvalue weighted by atomic mass is 35.5. The van der Waals surface area contributed by atoms with Crippen LogP contribution in [0.2, 0.25) is 5.02 Å². The first-order valence-corrected chi connectivity index (χ1v) is 5.40. The number of hydrogen-bond acceptors (Lipinski definition) is 3. The molecule has 0 aromatic heterocycles. The number of halogens is 1. The molecule has 0 saturated carbocycles. The molecule has 0 fully saturated rings. The van der Waals surface area contributed by atoms with Crippen molar-refractivity contribution in [3.8, 4) is 5.75 Å². The molecule has 0 saturated heterocycles. The molecule has 1 aromatic carbocycles. The van der Waals surface area contributed by atoms with Crippen LogP contribution in [0.15, 0.2) is 12.1 Å². The average Bonchev–Trinajstić information content (AvgIpc) is 2.58. The van der Waals surface area contributed by atoms with Gasteiger partial charge in [-0.3, -0.25) is 0 Å². The molecular formula is C11H15ClN2O. The summed E-state index contributed by atoms with van der Waals surface area (Å²) >= 11 is 6.05. The summed E-state index contributed by atoms with van der Waals surface area (Å²) in [5.74, 6) is 0.752. The quantitative estimate of drug-likeness (QED) is 0.826. The lowest BCUT2D eigenvalue weighted by molar-refractivity contribution is 0.414. The third kappa shape index (κ3) is 2.03. The fourth-order valence-electron chi connectivity index (χ4n) is 1.96. The van der Waals surface area contributed by atoms with E-state index < -0.39 is 0 Å². The van der Waals surface area contributed by atoms with Gasteiger partial charge in [0.2, 0.25) is 0 Å². The fourth-order valence-corrected chi connectivity index (χ4v) is 2.20. The van der Waals surface area contributed by atoms with Gasteiger partial charge >= 0.3 is 0 Å². The Morgan fingerprint density at radius 1 is 1.60 bits per heavy atom. The molecule has 15 heavy (non-hydrogen) atoms. The minimum Gasteiger partial charge on any atom is -0.495 e. The molecular weight excluding hydrogens is 212 g/mol. The summed E-state index contributed by atoms with van der Waals surface area (Å²) in [4.78, 5) is 0. The van der Waals surface area contributed by atoms with Gasteiger partial charge in [0, 0.05) is 18.3 Å². The molecule has 1 aliphatic heterocycles. The Balaban J connectivity index is 2.23. The Morgan fingerprint density at radius 2 is 2.40 bits per heavy atom. The van der Waals surface area contributed by atoms with Gasteiger partial charge in [-0.1, -0.05) is 11.6 Å². The summed E-state index contributed by atoms with van der Waals surface area (Å²) in [6.45, 7) is 0.953. The zero-order chi connectivity index (χ0) is 10.8. The number of fused-ring (bicyclic) bond motifs is 1. The van der Waals surface area contributed by atoms with Crippen LogP contribution in [0.25, 0.3) is 0 Å². The highest BCUT2D eigenvalue weighted by Crippen LogP contribution is 2.35. The molecule has 2 rings (SSSR count). The highest BCUT2D eigenvalue weighted by molar-refractivity contribution is 6.32. The number of ether oxygens (including phenoxy) is 1. The maximum Gasteiger partial charge on any atom is 0.137 e. The average molecular weight is 227 g/mol. The van der Waals surface area contributed by atoms with Crippen molar-refractivity contribution in [3.63, 3.8) is 0 Å². The lowest BCUT2D eigenvalue weighted by Crippen LogP contribution is -2.28. The molecule has 3 nitrogen and oxygen atoms in total. The second-order valence-electron chi connectivity index (χ2n) is 3.75. The van der Waals surface area contributed by atoms with Crippen LogP contribution in [0.3, 0.4) is 0 Å². The van der Waals surface area contributed by atoms with E-state index >= 15 is 0 Å². The summed E-state index contributed by atoms with van der Waals surface area (Å²) in [5, 5.41) is 7.25. The maximum atomic E-state index is 6.05. The second kappa shape index (κ2) is 4.29. The number of nitrogens with one attached hydrogen (secondary N) is 2. The molecule has 4 heteroatoms. The highest BCUT2D eigenvalue weighted by Gasteiger charge is 2.21. The third-order valence-electron chi connectivity index (χ3n) is 2.65. The van der Waals surface area contributed by atoms with E-state index in [-0.39, 0.29) is 0 Å². The molecule has 1 atom stereocenters. The Hall–Kier alpha value is -0.930. The number of anilines is 1. The first-order chi connectivity index (χ1) is 7.24. The minimum atomic E-state index is 0.452. The van der Waals surface area contributed by atoms with E-state index in [1.807, 2.05) is 19.2 Å². The summed E-state index contributed by atoms with van der Waals surface area (Å²) in [5.41, 5.74) is 2.40. The number of likely N-dealkylation sites (N-methyl/N-ethyl adjacent to an activating group) is 1. The number of methoxy groups -OCH3 is 1. The van der Waals surface area contributed by atoms with Gasteiger partial charge in [-0.15, -0.1) is 0 Å². The standard InChI is InChI=1S/C11H15ClN2O/c1-13-6-8-3-7-4-11(15-2)9(12)5-10(7)14-8/h4-5,8,13-14H,3,6H2,1-2H3. The first kappa shape index (κ1) is 10.6. The molecule has 1 heterocycles. The summed E-state index contributed by atoms with van der Waals surface area (Å²) in [7, 11) is 3.60. The maximum absolute atomic E-state index is 6.05. The third-order valence-corrected chi connectivity index (χ3v) is 2.95. The molecule has 2 N–H and O–H groups in total. The normalized spacial score (nSPS) is 18.5. The topological polar surface area (TPSA) is 33.3 Å². The van der Waals surface area contributed by atoms with Crippen molar-refractivity contribution in [1.82, 2.24) is 5.32 Å². The van der Waals surface area contributed by atoms with Crippen molar-refractivity contribution < 1.29 is 4.74 Å². The second-order valence-corrected chi connectivity index (χ2v) is 4.15. The van der Waals surface area contributed by atoms with Crippen LogP contribution in [-0.4, -0.2) is 26.7 Å². The van der Waals surface area contributed by atoms with E-state index in [4.69, 9.17) is 16.3 Å². The van der Waals surface area contributed by atoms with Crippen molar-refractivity contribution in [2.45, 2.75) is 12.5 Å². The van der Waals surface area contributed by atoms with Crippen LogP contribution in [0.1, 0.15) is 5.56 Å². The van der Waals surface area contributed by atoms with Gasteiger partial charge in [-0.25, -0.2) is 0 Å². The Morgan fingerprint density at radius 3 is 3.07 bits per heavy atom. The van der Waals surface area contributed by atoms with Gasteiger partial charge in [0.15, 0.2) is 0 Å². The van der Waals surface area contributed by atoms with Crippen LogP contribution < -0.4 is 15.4 Å². The molecule has 0 bridgehead atoms. The Labute approximate surface area is 94.8 Å². The summed E-state index contributed by atoms with van der Waals surface area (Å²) in [6, 6.07) is 4.40. The van der Waals surface area contributed by atoms with E-state index in [1.165, 1.54) is 5.56 Å². The molecule has 1 aliphatic rings. The number of hydrogen-bond donors (Lipinski definition) is 2. The van der Waals surface area contributed by atoms with Crippen molar-refractivity contribution in [2.24, 2.45) is 0 Å². The van der Waals surface area contributed by atoms with Crippen LogP contribution in [0.4, 0.5) is 5.69 Å². The lowest BCUT2D eigenvalue weighted by Gasteiger charge is -2.09. The summed E-state index contributed by atoms with van der Waals surface area (Å²) < 4.78 is 5.19. The lowest BCUT2D eigenvalue weighted by atomic mass is 10.1. The van der Waals surface area contributed by atoms with E-state index in [2.05, 4.69) is 10.6 Å². The molecule has 0 radical (unpaired) electrons. The van der Waals surface area contributed by atoms with Gasteiger partial charge in [-0.05, 0) is 31.2 Å². The SMILES string of the molecule is CNCC1Cc2cc(OC)c(Cl)cc2N1. The molecule has 82 valence electrons. The monoisotopic (exact) mass is 226 g/mol. The van der Waals surface area contributed by atoms with Crippen molar-refractivity contribution in [3.05, 3.63) is 22.7 Å². The van der Waals surface area contributed by atoms with Gasteiger partial charge in [-0.2, -0.15) is 0 Å². The summed E-state index contributed by atoms with van der Waals surface area (Å²) in [6.07, 6.45) is 1.02. The zero-order valence-corrected chi connectivity index (χ0v) is 9.69. The predicted molar refractivity (Wildman–Crippen MR) is 63.0 cm³/mol. The fraction of sp³-hybridized carbons (Fsp3) is 0.455. The van der Waals surface area contributed by atoms with Gasteiger partial charge in [0.05, 0.1) is 12.1 Å². The smallest absolute Gasteiger partial charge is 0.137 e. The molecule has 0 amide bonds. The zero-order valence-electron chi connectivity index (χ0n) is 8.93. The van der Waals surface area contributed by atoms with Crippen LogP contribution in [0, 0.1) is 0 Å². The predicted octanol–water partition coefficient (Wildman–Crippen LogP) is 1.90. The Bertz CT molecular complexity index is 368. The van der Waals surface area contributed by atoms with Crippen LogP contribution in [-0.2, 0) is 6.42 Å². The van der Waals surface area contributed by atoms with Gasteiger partial charge < -0.3 is 15.4 Å². The van der Waals surface area contributed by atoms with Gasteiger partial charge in [0.25, 0.3) is 0 Å². The van der Waals surface area contributed by atoms with E-state index in [9.17, 15) is 0 Å². The minimum absolute atomic E-state index is 0.452. The van der Waals surface area contributed by atoms with Crippen LogP contribution in [0.5, 0.6) is 5.75 Å². The number of benzene rings is 1. The van der Waals surface area contributed by atoms with E-state index in [1.54, 1.807) is 7.11 Å². The number of rotatable bonds is 3. The van der Waals surface area contributed by atoms with E-state index in [0.717, 1.165) is 24.4 Å². The molecule has 0 aliphatic carbocycles. The largest absolute Gasteiger partial charge is 0.495 e. The molecule has 0 spiro atoms. The van der Waals surface area contributed by atoms with Crippen molar-refractivity contribution in [1.29, 1.82) is 0 Å². The van der Waals surface area contributed by atoms with Crippen molar-refractivity contribution in [2.75, 3.05) is 26.0 Å². The van der Waals surface area contributed by atoms with Gasteiger partial charge in [0.1, 0.15) is 5.75 Å². The van der Waals surface area contributed by atoms with E-state index in [0.29, 0.717) is 11.1 Å². The molecule has 1 unspecified atom stereocenters.